The number of benzene rings is 1. The summed E-state index contributed by atoms with van der Waals surface area (Å²) in [7, 11) is 0. The van der Waals surface area contributed by atoms with Crippen molar-refractivity contribution in [1.82, 2.24) is 10.6 Å². The quantitative estimate of drug-likeness (QED) is 0.474. The van der Waals surface area contributed by atoms with Crippen molar-refractivity contribution in [3.05, 3.63) is 35.4 Å². The van der Waals surface area contributed by atoms with Crippen molar-refractivity contribution < 1.29 is 9.59 Å². The van der Waals surface area contributed by atoms with Crippen LogP contribution in [0.25, 0.3) is 0 Å². The molecule has 2 aliphatic rings. The molecule has 1 aromatic rings. The van der Waals surface area contributed by atoms with Crippen LogP contribution in [0.3, 0.4) is 0 Å². The van der Waals surface area contributed by atoms with Crippen LogP contribution < -0.4 is 16.4 Å². The molecule has 0 aliphatic heterocycles. The van der Waals surface area contributed by atoms with E-state index in [0.29, 0.717) is 31.2 Å². The Morgan fingerprint density at radius 1 is 1.10 bits per heavy atom. The third-order valence-corrected chi connectivity index (χ3v) is 6.25. The Morgan fingerprint density at radius 2 is 1.73 bits per heavy atom. The first-order valence-corrected chi connectivity index (χ1v) is 11.4. The molecule has 4 N–H and O–H groups in total. The van der Waals surface area contributed by atoms with Crippen molar-refractivity contribution in [1.29, 1.82) is 0 Å². The maximum Gasteiger partial charge on any atom is 0.252 e. The largest absolute Gasteiger partial charge is 0.370 e. The fourth-order valence-corrected chi connectivity index (χ4v) is 4.57. The van der Waals surface area contributed by atoms with Crippen LogP contribution in [-0.2, 0) is 22.4 Å². The van der Waals surface area contributed by atoms with Gasteiger partial charge in [-0.2, -0.15) is 4.99 Å². The van der Waals surface area contributed by atoms with Crippen molar-refractivity contribution in [3.8, 4) is 0 Å². The van der Waals surface area contributed by atoms with Gasteiger partial charge in [-0.25, -0.2) is 0 Å². The summed E-state index contributed by atoms with van der Waals surface area (Å²) in [5.41, 5.74) is 8.50. The minimum absolute atomic E-state index is 0.0523. The Hall–Kier alpha value is -2.37. The van der Waals surface area contributed by atoms with E-state index in [1.165, 1.54) is 30.4 Å². The van der Waals surface area contributed by atoms with E-state index in [0.717, 1.165) is 19.3 Å². The first kappa shape index (κ1) is 22.3. The highest BCUT2D eigenvalue weighted by Gasteiger charge is 2.28. The lowest BCUT2D eigenvalue weighted by atomic mass is 9.84. The summed E-state index contributed by atoms with van der Waals surface area (Å²) in [5.74, 6) is 0.490. The summed E-state index contributed by atoms with van der Waals surface area (Å²) in [6.07, 6.45) is 8.13. The second kappa shape index (κ2) is 10.6. The Kier molecular flexibility index (Phi) is 7.88. The number of nitrogens with one attached hydrogen (secondary N) is 2. The number of hydrogen-bond acceptors (Lipinski definition) is 2. The van der Waals surface area contributed by atoms with Crippen molar-refractivity contribution in [3.63, 3.8) is 0 Å². The number of guanidine groups is 1. The molecule has 2 amide bonds. The fraction of sp³-hybridized carbons (Fsp3) is 0.625. The maximum atomic E-state index is 12.8. The van der Waals surface area contributed by atoms with Gasteiger partial charge in [-0.1, -0.05) is 70.2 Å². The highest BCUT2D eigenvalue weighted by Crippen LogP contribution is 2.28. The minimum Gasteiger partial charge on any atom is -0.370 e. The van der Waals surface area contributed by atoms with E-state index < -0.39 is 6.04 Å². The predicted octanol–water partition coefficient (Wildman–Crippen LogP) is 2.94. The third-order valence-electron chi connectivity index (χ3n) is 6.25. The predicted molar refractivity (Wildman–Crippen MR) is 120 cm³/mol. The van der Waals surface area contributed by atoms with E-state index in [2.05, 4.69) is 41.6 Å². The van der Waals surface area contributed by atoms with Gasteiger partial charge in [-0.3, -0.25) is 9.59 Å². The van der Waals surface area contributed by atoms with Crippen molar-refractivity contribution in [2.75, 3.05) is 6.54 Å². The van der Waals surface area contributed by atoms with E-state index in [-0.39, 0.29) is 23.7 Å². The molecule has 30 heavy (non-hydrogen) atoms. The lowest BCUT2D eigenvalue weighted by molar-refractivity contribution is -0.124. The van der Waals surface area contributed by atoms with Gasteiger partial charge in [-0.15, -0.1) is 0 Å². The summed E-state index contributed by atoms with van der Waals surface area (Å²) in [5, 5.41) is 6.06. The van der Waals surface area contributed by atoms with E-state index in [4.69, 9.17) is 5.73 Å². The molecular weight excluding hydrogens is 376 g/mol. The van der Waals surface area contributed by atoms with Crippen molar-refractivity contribution in [2.24, 2.45) is 28.5 Å². The number of fused-ring (bicyclic) bond motifs is 1. The molecule has 0 saturated heterocycles. The number of carbonyl (C=O) groups is 2. The first-order chi connectivity index (χ1) is 14.4. The average molecular weight is 413 g/mol. The van der Waals surface area contributed by atoms with Crippen molar-refractivity contribution in [2.45, 2.75) is 71.3 Å². The molecule has 0 spiro atoms. The van der Waals surface area contributed by atoms with Gasteiger partial charge in [-0.05, 0) is 42.2 Å². The van der Waals surface area contributed by atoms with E-state index in [1.54, 1.807) is 0 Å². The number of aliphatic imine (C=N–C) groups is 1. The molecule has 0 radical (unpaired) electrons. The summed E-state index contributed by atoms with van der Waals surface area (Å²) < 4.78 is 0. The fourth-order valence-electron chi connectivity index (χ4n) is 4.57. The summed E-state index contributed by atoms with van der Waals surface area (Å²) in [4.78, 5) is 29.6. The molecule has 6 nitrogen and oxygen atoms in total. The van der Waals surface area contributed by atoms with Gasteiger partial charge in [0.05, 0.1) is 0 Å². The molecule has 1 atom stereocenters. The molecular formula is C24H36N4O2. The zero-order valence-corrected chi connectivity index (χ0v) is 18.3. The van der Waals surface area contributed by atoms with E-state index in [9.17, 15) is 9.59 Å². The Labute approximate surface area is 180 Å². The number of nitrogens with zero attached hydrogens (tertiary/aromatic N) is 1. The molecule has 164 valence electrons. The highest BCUT2D eigenvalue weighted by molar-refractivity contribution is 5.96. The molecule has 0 aromatic heterocycles. The Morgan fingerprint density at radius 3 is 2.33 bits per heavy atom. The molecule has 1 unspecified atom stereocenters. The number of nitrogens with two attached hydrogens (primary N) is 1. The molecule has 2 aliphatic carbocycles. The third kappa shape index (κ3) is 6.31. The second-order valence-electron chi connectivity index (χ2n) is 9.28. The summed E-state index contributed by atoms with van der Waals surface area (Å²) >= 11 is 0. The second-order valence-corrected chi connectivity index (χ2v) is 9.28. The van der Waals surface area contributed by atoms with Gasteiger partial charge in [0.15, 0.2) is 5.96 Å². The zero-order valence-electron chi connectivity index (χ0n) is 18.3. The van der Waals surface area contributed by atoms with Gasteiger partial charge < -0.3 is 16.4 Å². The lowest BCUT2D eigenvalue weighted by Crippen LogP contribution is -2.51. The van der Waals surface area contributed by atoms with Gasteiger partial charge in [0.25, 0.3) is 5.91 Å². The Bertz CT molecular complexity index is 743. The normalized spacial score (nSPS) is 18.8. The minimum atomic E-state index is -0.454. The molecule has 3 rings (SSSR count). The van der Waals surface area contributed by atoms with E-state index in [1.807, 2.05) is 12.1 Å². The molecule has 0 heterocycles. The topological polar surface area (TPSA) is 96.6 Å². The van der Waals surface area contributed by atoms with Crippen LogP contribution in [0.1, 0.15) is 63.5 Å². The maximum absolute atomic E-state index is 12.8. The van der Waals surface area contributed by atoms with Gasteiger partial charge in [0, 0.05) is 12.5 Å². The number of carbonyl (C=O) groups excluding carboxylic acids is 2. The molecule has 0 bridgehead atoms. The monoisotopic (exact) mass is 412 g/mol. The summed E-state index contributed by atoms with van der Waals surface area (Å²) in [6.45, 7) is 4.76. The number of rotatable bonds is 7. The highest BCUT2D eigenvalue weighted by atomic mass is 16.2. The van der Waals surface area contributed by atoms with Crippen LogP contribution in [0.5, 0.6) is 0 Å². The van der Waals surface area contributed by atoms with Crippen LogP contribution in [0.2, 0.25) is 0 Å². The smallest absolute Gasteiger partial charge is 0.252 e. The Balaban J connectivity index is 1.61. The molecule has 1 fully saturated rings. The zero-order chi connectivity index (χ0) is 21.5. The SMILES string of the molecule is CC(C)CNC(=O)C(CC1CCCCC1)NC(N)=NC(=O)C1Cc2ccccc2C1. The lowest BCUT2D eigenvalue weighted by Gasteiger charge is -2.27. The first-order valence-electron chi connectivity index (χ1n) is 11.4. The van der Waals surface area contributed by atoms with Crippen LogP contribution >= 0.6 is 0 Å². The van der Waals surface area contributed by atoms with Gasteiger partial charge in [0.1, 0.15) is 6.04 Å². The molecule has 6 heteroatoms. The molecule has 1 aromatic carbocycles. The van der Waals surface area contributed by atoms with Crippen LogP contribution in [0, 0.1) is 17.8 Å². The standard InChI is InChI=1S/C24H36N4O2/c1-16(2)15-26-23(30)21(12-17-8-4-3-5-9-17)27-24(25)28-22(29)20-13-18-10-6-7-11-19(18)14-20/h6-7,10-11,16-17,20-21H,3-5,8-9,12-15H2,1-2H3,(H,26,30)(H3,25,27,28,29). The summed E-state index contributed by atoms with van der Waals surface area (Å²) in [6, 6.07) is 7.66. The van der Waals surface area contributed by atoms with Crippen LogP contribution in [0.15, 0.2) is 29.3 Å². The van der Waals surface area contributed by atoms with Crippen LogP contribution in [-0.4, -0.2) is 30.4 Å². The number of amides is 2. The van der Waals surface area contributed by atoms with Gasteiger partial charge >= 0.3 is 0 Å². The van der Waals surface area contributed by atoms with Gasteiger partial charge in [0.2, 0.25) is 5.91 Å². The number of hydrogen-bond donors (Lipinski definition) is 3. The average Bonchev–Trinajstić information content (AvgIpc) is 3.16. The molecule has 1 saturated carbocycles. The van der Waals surface area contributed by atoms with E-state index >= 15 is 0 Å². The van der Waals surface area contributed by atoms with Crippen LogP contribution in [0.4, 0.5) is 0 Å². The van der Waals surface area contributed by atoms with Crippen molar-refractivity contribution >= 4 is 17.8 Å².